The van der Waals surface area contributed by atoms with E-state index in [1.807, 2.05) is 45.0 Å². The Kier molecular flexibility index (Phi) is 5.91. The molecule has 0 spiro atoms. The molecule has 0 N–H and O–H groups in total. The number of aryl methyl sites for hydroxylation is 2. The lowest BCUT2D eigenvalue weighted by molar-refractivity contribution is -0.0394. The molecule has 0 aromatic heterocycles. The molecule has 1 aliphatic heterocycles. The Morgan fingerprint density at radius 2 is 1.44 bits per heavy atom. The van der Waals surface area contributed by atoms with Crippen LogP contribution < -0.4 is 0 Å². The van der Waals surface area contributed by atoms with Crippen molar-refractivity contribution >= 4 is 11.9 Å². The molecule has 5 nitrogen and oxygen atoms in total. The number of ether oxygens (including phenoxy) is 3. The second-order valence-corrected chi connectivity index (χ2v) is 7.00. The van der Waals surface area contributed by atoms with Crippen LogP contribution in [0.4, 0.5) is 0 Å². The summed E-state index contributed by atoms with van der Waals surface area (Å²) in [5, 5.41) is 0. The fraction of sp³-hybridized carbons (Fsp3) is 0.364. The summed E-state index contributed by atoms with van der Waals surface area (Å²) in [5.74, 6) is -0.811. The van der Waals surface area contributed by atoms with Crippen LogP contribution in [-0.4, -0.2) is 36.9 Å². The van der Waals surface area contributed by atoms with Gasteiger partial charge in [0.1, 0.15) is 18.8 Å². The molecule has 0 bridgehead atoms. The van der Waals surface area contributed by atoms with Gasteiger partial charge in [0.25, 0.3) is 0 Å². The molecule has 3 atom stereocenters. The van der Waals surface area contributed by atoms with Crippen LogP contribution in [0.15, 0.2) is 48.5 Å². The van der Waals surface area contributed by atoms with E-state index in [4.69, 9.17) is 14.2 Å². The maximum absolute atomic E-state index is 12.4. The van der Waals surface area contributed by atoms with Crippen molar-refractivity contribution in [2.75, 3.05) is 6.61 Å². The van der Waals surface area contributed by atoms with Crippen molar-refractivity contribution in [3.8, 4) is 0 Å². The van der Waals surface area contributed by atoms with Crippen molar-refractivity contribution in [3.63, 3.8) is 0 Å². The van der Waals surface area contributed by atoms with Crippen LogP contribution in [0.25, 0.3) is 0 Å². The van der Waals surface area contributed by atoms with Crippen LogP contribution in [0.1, 0.15) is 45.2 Å². The quantitative estimate of drug-likeness (QED) is 0.750. The molecule has 3 rings (SSSR count). The first-order valence-electron chi connectivity index (χ1n) is 9.09. The van der Waals surface area contributed by atoms with Crippen molar-refractivity contribution < 1.29 is 23.8 Å². The zero-order valence-corrected chi connectivity index (χ0v) is 15.8. The highest BCUT2D eigenvalue weighted by Gasteiger charge is 2.37. The van der Waals surface area contributed by atoms with E-state index >= 15 is 0 Å². The predicted octanol–water partition coefficient (Wildman–Crippen LogP) is 3.86. The van der Waals surface area contributed by atoms with Crippen molar-refractivity contribution in [1.82, 2.24) is 0 Å². The first-order valence-corrected chi connectivity index (χ1v) is 9.09. The minimum Gasteiger partial charge on any atom is -0.459 e. The molecule has 1 fully saturated rings. The number of rotatable bonds is 5. The van der Waals surface area contributed by atoms with Crippen LogP contribution in [0, 0.1) is 13.8 Å². The molecule has 1 aliphatic rings. The molecule has 142 valence electrons. The van der Waals surface area contributed by atoms with E-state index in [0.717, 1.165) is 11.1 Å². The van der Waals surface area contributed by atoms with Crippen LogP contribution in [-0.2, 0) is 14.2 Å². The second-order valence-electron chi connectivity index (χ2n) is 7.00. The zero-order chi connectivity index (χ0) is 19.4. The summed E-state index contributed by atoms with van der Waals surface area (Å²) in [6, 6.07) is 14.4. The van der Waals surface area contributed by atoms with Gasteiger partial charge in [0.2, 0.25) is 0 Å². The molecule has 0 radical (unpaired) electrons. The SMILES string of the molecule is Cc1ccc(C(=O)OCC2OC(C)C[C@@H]2OC(=O)c2ccc(C)cc2)cc1. The van der Waals surface area contributed by atoms with Crippen molar-refractivity contribution in [1.29, 1.82) is 0 Å². The normalized spacial score (nSPS) is 21.7. The number of esters is 2. The van der Waals surface area contributed by atoms with E-state index in [2.05, 4.69) is 0 Å². The predicted molar refractivity (Wildman–Crippen MR) is 101 cm³/mol. The van der Waals surface area contributed by atoms with Gasteiger partial charge in [-0.05, 0) is 45.0 Å². The monoisotopic (exact) mass is 368 g/mol. The number of carbonyl (C=O) groups excluding carboxylic acids is 2. The Bertz CT molecular complexity index is 794. The van der Waals surface area contributed by atoms with E-state index in [1.165, 1.54) is 0 Å². The topological polar surface area (TPSA) is 61.8 Å². The lowest BCUT2D eigenvalue weighted by Crippen LogP contribution is -2.32. The van der Waals surface area contributed by atoms with Crippen molar-refractivity contribution in [2.24, 2.45) is 0 Å². The lowest BCUT2D eigenvalue weighted by Gasteiger charge is -2.19. The maximum atomic E-state index is 12.4. The Morgan fingerprint density at radius 3 is 2.00 bits per heavy atom. The van der Waals surface area contributed by atoms with Gasteiger partial charge in [-0.15, -0.1) is 0 Å². The number of hydrogen-bond acceptors (Lipinski definition) is 5. The second kappa shape index (κ2) is 8.35. The van der Waals surface area contributed by atoms with E-state index in [-0.39, 0.29) is 12.7 Å². The average Bonchev–Trinajstić information content (AvgIpc) is 3.00. The third-order valence-corrected chi connectivity index (χ3v) is 4.60. The number of carbonyl (C=O) groups is 2. The molecule has 5 heteroatoms. The Balaban J connectivity index is 1.58. The summed E-state index contributed by atoms with van der Waals surface area (Å²) in [7, 11) is 0. The summed E-state index contributed by atoms with van der Waals surface area (Å²) >= 11 is 0. The van der Waals surface area contributed by atoms with Gasteiger partial charge in [-0.1, -0.05) is 35.4 Å². The molecule has 2 aromatic carbocycles. The average molecular weight is 368 g/mol. The summed E-state index contributed by atoms with van der Waals surface area (Å²) < 4.78 is 16.8. The fourth-order valence-corrected chi connectivity index (χ4v) is 3.02. The van der Waals surface area contributed by atoms with Crippen LogP contribution >= 0.6 is 0 Å². The maximum Gasteiger partial charge on any atom is 0.338 e. The zero-order valence-electron chi connectivity index (χ0n) is 15.8. The van der Waals surface area contributed by atoms with Gasteiger partial charge in [-0.25, -0.2) is 9.59 Å². The summed E-state index contributed by atoms with van der Waals surface area (Å²) in [4.78, 5) is 24.6. The standard InChI is InChI=1S/C22H24O5/c1-14-4-8-17(9-5-14)21(23)25-13-20-19(12-16(3)26-20)27-22(24)18-10-6-15(2)7-11-18/h4-11,16,19-20H,12-13H2,1-3H3/t16?,19-,20?/m0/s1. The Morgan fingerprint density at radius 1 is 0.926 bits per heavy atom. The molecule has 0 amide bonds. The minimum atomic E-state index is -0.469. The van der Waals surface area contributed by atoms with E-state index in [1.54, 1.807) is 24.3 Å². The Hall–Kier alpha value is -2.66. The van der Waals surface area contributed by atoms with E-state index in [9.17, 15) is 9.59 Å². The lowest BCUT2D eigenvalue weighted by atomic mass is 10.1. The molecule has 0 saturated carbocycles. The first-order chi connectivity index (χ1) is 12.9. The molecule has 2 unspecified atom stereocenters. The van der Waals surface area contributed by atoms with Crippen LogP contribution in [0.3, 0.4) is 0 Å². The highest BCUT2D eigenvalue weighted by atomic mass is 16.6. The van der Waals surface area contributed by atoms with Gasteiger partial charge in [0, 0.05) is 6.42 Å². The molecule has 1 heterocycles. The van der Waals surface area contributed by atoms with Crippen molar-refractivity contribution in [2.45, 2.75) is 45.5 Å². The number of hydrogen-bond donors (Lipinski definition) is 0. The van der Waals surface area contributed by atoms with Crippen LogP contribution in [0.5, 0.6) is 0 Å². The van der Waals surface area contributed by atoms with Crippen molar-refractivity contribution in [3.05, 3.63) is 70.8 Å². The number of benzene rings is 2. The summed E-state index contributed by atoms with van der Waals surface area (Å²) in [6.07, 6.45) is -0.406. The summed E-state index contributed by atoms with van der Waals surface area (Å²) in [5.41, 5.74) is 3.13. The fourth-order valence-electron chi connectivity index (χ4n) is 3.02. The van der Waals surface area contributed by atoms with Gasteiger partial charge >= 0.3 is 11.9 Å². The third-order valence-electron chi connectivity index (χ3n) is 4.60. The van der Waals surface area contributed by atoms with E-state index in [0.29, 0.717) is 17.5 Å². The first kappa shape index (κ1) is 19.1. The Labute approximate surface area is 159 Å². The van der Waals surface area contributed by atoms with E-state index < -0.39 is 24.1 Å². The van der Waals surface area contributed by atoms with Gasteiger partial charge in [0.15, 0.2) is 0 Å². The molecule has 2 aromatic rings. The molecule has 0 aliphatic carbocycles. The van der Waals surface area contributed by atoms with Gasteiger partial charge in [0.05, 0.1) is 17.2 Å². The highest BCUT2D eigenvalue weighted by molar-refractivity contribution is 5.90. The highest BCUT2D eigenvalue weighted by Crippen LogP contribution is 2.25. The molecular formula is C22H24O5. The van der Waals surface area contributed by atoms with Gasteiger partial charge < -0.3 is 14.2 Å². The van der Waals surface area contributed by atoms with Gasteiger partial charge in [-0.3, -0.25) is 0 Å². The largest absolute Gasteiger partial charge is 0.459 e. The van der Waals surface area contributed by atoms with Gasteiger partial charge in [-0.2, -0.15) is 0 Å². The molecule has 1 saturated heterocycles. The third kappa shape index (κ3) is 4.95. The smallest absolute Gasteiger partial charge is 0.338 e. The minimum absolute atomic E-state index is 0.0445. The molecule has 27 heavy (non-hydrogen) atoms. The molecular weight excluding hydrogens is 344 g/mol. The van der Waals surface area contributed by atoms with Crippen LogP contribution in [0.2, 0.25) is 0 Å². The summed E-state index contributed by atoms with van der Waals surface area (Å²) in [6.45, 7) is 5.87.